The van der Waals surface area contributed by atoms with E-state index in [1.165, 1.54) is 0 Å². The molecule has 2 aromatic rings. The zero-order valence-electron chi connectivity index (χ0n) is 11.7. The van der Waals surface area contributed by atoms with Crippen molar-refractivity contribution in [2.75, 3.05) is 32.7 Å². The maximum atomic E-state index is 5.28. The Balaban J connectivity index is 2.28. The molecule has 1 aromatic heterocycles. The summed E-state index contributed by atoms with van der Waals surface area (Å²) in [6.07, 6.45) is 0.976. The fraction of sp³-hybridized carbons (Fsp3) is 0.400. The van der Waals surface area contributed by atoms with E-state index >= 15 is 0 Å². The van der Waals surface area contributed by atoms with Crippen LogP contribution in [0.15, 0.2) is 24.3 Å². The van der Waals surface area contributed by atoms with Crippen LogP contribution in [-0.2, 0) is 4.74 Å². The molecule has 1 N–H and O–H groups in total. The van der Waals surface area contributed by atoms with Gasteiger partial charge < -0.3 is 14.8 Å². The van der Waals surface area contributed by atoms with E-state index in [1.807, 2.05) is 25.1 Å². The second-order valence-corrected chi connectivity index (χ2v) is 4.47. The monoisotopic (exact) mass is 260 g/mol. The first-order valence-corrected chi connectivity index (χ1v) is 6.43. The molecule has 4 nitrogen and oxygen atoms in total. The molecule has 1 aromatic carbocycles. The number of pyridine rings is 1. The molecule has 0 spiro atoms. The lowest BCUT2D eigenvalue weighted by molar-refractivity contribution is 0.198. The van der Waals surface area contributed by atoms with Gasteiger partial charge in [0.05, 0.1) is 12.6 Å². The van der Waals surface area contributed by atoms with Crippen molar-refractivity contribution in [1.29, 1.82) is 0 Å². The molecule has 0 aliphatic carbocycles. The van der Waals surface area contributed by atoms with Gasteiger partial charge in [0.1, 0.15) is 5.75 Å². The van der Waals surface area contributed by atoms with Crippen LogP contribution in [-0.4, -0.2) is 32.4 Å². The van der Waals surface area contributed by atoms with E-state index in [1.54, 1.807) is 14.2 Å². The molecule has 0 saturated carbocycles. The molecule has 0 aliphatic heterocycles. The number of methoxy groups -OCH3 is 2. The molecule has 0 saturated heterocycles. The summed E-state index contributed by atoms with van der Waals surface area (Å²) in [5.41, 5.74) is 3.08. The summed E-state index contributed by atoms with van der Waals surface area (Å²) in [5.74, 6) is 0.845. The average molecular weight is 260 g/mol. The first-order valence-electron chi connectivity index (χ1n) is 6.43. The first kappa shape index (κ1) is 13.6. The number of ether oxygens (including phenoxy) is 2. The van der Waals surface area contributed by atoms with Gasteiger partial charge in [-0.2, -0.15) is 0 Å². The van der Waals surface area contributed by atoms with Crippen LogP contribution in [0.3, 0.4) is 0 Å². The minimum Gasteiger partial charge on any atom is -0.497 e. The lowest BCUT2D eigenvalue weighted by Crippen LogP contribution is -2.05. The molecule has 0 unspecified atom stereocenters. The molecule has 19 heavy (non-hydrogen) atoms. The maximum Gasteiger partial charge on any atom is 0.119 e. The SMILES string of the molecule is COCCCNc1cc(C)nc2ccc(OC)cc12. The van der Waals surface area contributed by atoms with Gasteiger partial charge in [0.15, 0.2) is 0 Å². The second-order valence-electron chi connectivity index (χ2n) is 4.47. The Morgan fingerprint density at radius 2 is 2.05 bits per heavy atom. The van der Waals surface area contributed by atoms with Gasteiger partial charge >= 0.3 is 0 Å². The van der Waals surface area contributed by atoms with Crippen LogP contribution in [0.1, 0.15) is 12.1 Å². The number of hydrogen-bond donors (Lipinski definition) is 1. The summed E-state index contributed by atoms with van der Waals surface area (Å²) in [7, 11) is 3.39. The van der Waals surface area contributed by atoms with Gasteiger partial charge in [-0.15, -0.1) is 0 Å². The highest BCUT2D eigenvalue weighted by Gasteiger charge is 2.05. The van der Waals surface area contributed by atoms with Crippen molar-refractivity contribution < 1.29 is 9.47 Å². The Hall–Kier alpha value is -1.81. The van der Waals surface area contributed by atoms with E-state index in [-0.39, 0.29) is 0 Å². The molecular weight excluding hydrogens is 240 g/mol. The number of anilines is 1. The summed E-state index contributed by atoms with van der Waals surface area (Å²) < 4.78 is 10.3. The lowest BCUT2D eigenvalue weighted by atomic mass is 10.1. The number of nitrogens with one attached hydrogen (secondary N) is 1. The summed E-state index contributed by atoms with van der Waals surface area (Å²) >= 11 is 0. The Morgan fingerprint density at radius 1 is 1.21 bits per heavy atom. The van der Waals surface area contributed by atoms with E-state index in [4.69, 9.17) is 9.47 Å². The Labute approximate surface area is 113 Å². The van der Waals surface area contributed by atoms with E-state index in [2.05, 4.69) is 16.4 Å². The highest BCUT2D eigenvalue weighted by molar-refractivity contribution is 5.92. The fourth-order valence-corrected chi connectivity index (χ4v) is 2.05. The molecular formula is C15H20N2O2. The van der Waals surface area contributed by atoms with Crippen molar-refractivity contribution in [3.63, 3.8) is 0 Å². The van der Waals surface area contributed by atoms with Gasteiger partial charge in [-0.25, -0.2) is 0 Å². The van der Waals surface area contributed by atoms with Crippen molar-refractivity contribution in [3.05, 3.63) is 30.0 Å². The highest BCUT2D eigenvalue weighted by atomic mass is 16.5. The van der Waals surface area contributed by atoms with Gasteiger partial charge in [-0.3, -0.25) is 4.98 Å². The van der Waals surface area contributed by atoms with E-state index in [0.717, 1.165) is 47.6 Å². The van der Waals surface area contributed by atoms with Gasteiger partial charge in [0.2, 0.25) is 0 Å². The largest absolute Gasteiger partial charge is 0.497 e. The lowest BCUT2D eigenvalue weighted by Gasteiger charge is -2.11. The third-order valence-electron chi connectivity index (χ3n) is 2.98. The molecule has 4 heteroatoms. The standard InChI is InChI=1S/C15H20N2O2/c1-11-9-15(16-7-4-8-18-2)13-10-12(19-3)5-6-14(13)17-11/h5-6,9-10H,4,7-8H2,1-3H3,(H,16,17). The van der Waals surface area contributed by atoms with E-state index in [0.29, 0.717) is 0 Å². The van der Waals surface area contributed by atoms with Crippen LogP contribution in [0.25, 0.3) is 10.9 Å². The number of fused-ring (bicyclic) bond motifs is 1. The van der Waals surface area contributed by atoms with Crippen LogP contribution in [0.2, 0.25) is 0 Å². The molecule has 2 rings (SSSR count). The molecule has 0 bridgehead atoms. The number of rotatable bonds is 6. The number of nitrogens with zero attached hydrogens (tertiary/aromatic N) is 1. The highest BCUT2D eigenvalue weighted by Crippen LogP contribution is 2.27. The summed E-state index contributed by atoms with van der Waals surface area (Å²) in [6.45, 7) is 3.64. The summed E-state index contributed by atoms with van der Waals surface area (Å²) in [6, 6.07) is 8.00. The normalized spacial score (nSPS) is 10.7. The fourth-order valence-electron chi connectivity index (χ4n) is 2.05. The number of hydrogen-bond acceptors (Lipinski definition) is 4. The zero-order valence-corrected chi connectivity index (χ0v) is 11.7. The van der Waals surface area contributed by atoms with Crippen LogP contribution in [0.5, 0.6) is 5.75 Å². The minimum absolute atomic E-state index is 0.762. The molecule has 102 valence electrons. The molecule has 0 fully saturated rings. The van der Waals surface area contributed by atoms with Gasteiger partial charge in [0, 0.05) is 37.0 Å². The molecule has 0 atom stereocenters. The van der Waals surface area contributed by atoms with E-state index in [9.17, 15) is 0 Å². The van der Waals surface area contributed by atoms with Crippen molar-refractivity contribution in [2.24, 2.45) is 0 Å². The quantitative estimate of drug-likeness (QED) is 0.811. The minimum atomic E-state index is 0.762. The third-order valence-corrected chi connectivity index (χ3v) is 2.98. The van der Waals surface area contributed by atoms with Gasteiger partial charge in [-0.1, -0.05) is 0 Å². The Morgan fingerprint density at radius 3 is 2.79 bits per heavy atom. The van der Waals surface area contributed by atoms with Crippen molar-refractivity contribution in [2.45, 2.75) is 13.3 Å². The number of benzene rings is 1. The average Bonchev–Trinajstić information content (AvgIpc) is 2.43. The number of aromatic nitrogens is 1. The van der Waals surface area contributed by atoms with Crippen LogP contribution in [0.4, 0.5) is 5.69 Å². The van der Waals surface area contributed by atoms with Crippen LogP contribution in [0, 0.1) is 6.92 Å². The predicted molar refractivity (Wildman–Crippen MR) is 78.0 cm³/mol. The van der Waals surface area contributed by atoms with Crippen LogP contribution >= 0.6 is 0 Å². The topological polar surface area (TPSA) is 43.4 Å². The van der Waals surface area contributed by atoms with Gasteiger partial charge in [0.25, 0.3) is 0 Å². The van der Waals surface area contributed by atoms with Crippen molar-refractivity contribution >= 4 is 16.6 Å². The summed E-state index contributed by atoms with van der Waals surface area (Å²) in [5, 5.41) is 4.52. The second kappa shape index (κ2) is 6.38. The first-order chi connectivity index (χ1) is 9.24. The number of aryl methyl sites for hydroxylation is 1. The predicted octanol–water partition coefficient (Wildman–Crippen LogP) is 3.00. The zero-order chi connectivity index (χ0) is 13.7. The molecule has 0 aliphatic rings. The molecule has 1 heterocycles. The van der Waals surface area contributed by atoms with E-state index < -0.39 is 0 Å². The molecule has 0 radical (unpaired) electrons. The third kappa shape index (κ3) is 3.35. The smallest absolute Gasteiger partial charge is 0.119 e. The van der Waals surface area contributed by atoms with Crippen molar-refractivity contribution in [1.82, 2.24) is 4.98 Å². The van der Waals surface area contributed by atoms with Crippen LogP contribution < -0.4 is 10.1 Å². The maximum absolute atomic E-state index is 5.28. The Kier molecular flexibility index (Phi) is 4.58. The molecule has 0 amide bonds. The summed E-state index contributed by atoms with van der Waals surface area (Å²) in [4.78, 5) is 4.54. The van der Waals surface area contributed by atoms with Crippen molar-refractivity contribution in [3.8, 4) is 5.75 Å². The Bertz CT molecular complexity index is 555. The van der Waals surface area contributed by atoms with Gasteiger partial charge in [-0.05, 0) is 37.6 Å².